The summed E-state index contributed by atoms with van der Waals surface area (Å²) in [6.45, 7) is 1.47. The van der Waals surface area contributed by atoms with E-state index < -0.39 is 17.8 Å². The SMILES string of the molecule is O=C1OC2(CCCCN2CCc2ccccc2)OC1=O. The maximum atomic E-state index is 11.3. The molecule has 1 aromatic carbocycles. The number of hydrogen-bond acceptors (Lipinski definition) is 5. The van der Waals surface area contributed by atoms with Crippen LogP contribution in [0.4, 0.5) is 0 Å². The van der Waals surface area contributed by atoms with Gasteiger partial charge in [-0.3, -0.25) is 0 Å². The molecule has 0 atom stereocenters. The second kappa shape index (κ2) is 5.25. The van der Waals surface area contributed by atoms with Crippen LogP contribution in [0.1, 0.15) is 24.8 Å². The van der Waals surface area contributed by atoms with Crippen LogP contribution in [0.5, 0.6) is 0 Å². The molecule has 20 heavy (non-hydrogen) atoms. The molecule has 1 spiro atoms. The van der Waals surface area contributed by atoms with Gasteiger partial charge in [-0.05, 0) is 24.8 Å². The zero-order valence-electron chi connectivity index (χ0n) is 11.2. The van der Waals surface area contributed by atoms with Gasteiger partial charge in [0.1, 0.15) is 0 Å². The molecule has 5 nitrogen and oxygen atoms in total. The highest BCUT2D eigenvalue weighted by atomic mass is 16.8. The zero-order valence-corrected chi connectivity index (χ0v) is 11.2. The highest BCUT2D eigenvalue weighted by Crippen LogP contribution is 2.34. The molecule has 2 heterocycles. The molecule has 0 N–H and O–H groups in total. The van der Waals surface area contributed by atoms with Gasteiger partial charge in [-0.1, -0.05) is 30.3 Å². The lowest BCUT2D eigenvalue weighted by atomic mass is 10.1. The highest BCUT2D eigenvalue weighted by Gasteiger charge is 2.53. The van der Waals surface area contributed by atoms with Gasteiger partial charge in [-0.25, -0.2) is 14.5 Å². The van der Waals surface area contributed by atoms with Gasteiger partial charge >= 0.3 is 17.8 Å². The Morgan fingerprint density at radius 3 is 2.45 bits per heavy atom. The summed E-state index contributed by atoms with van der Waals surface area (Å²) in [6.07, 6.45) is 3.30. The second-order valence-corrected chi connectivity index (χ2v) is 5.17. The summed E-state index contributed by atoms with van der Waals surface area (Å²) in [5, 5.41) is 0. The third-order valence-corrected chi connectivity index (χ3v) is 3.84. The van der Waals surface area contributed by atoms with Crippen LogP contribution in [-0.4, -0.2) is 35.8 Å². The minimum Gasteiger partial charge on any atom is -0.400 e. The van der Waals surface area contributed by atoms with Crippen LogP contribution in [0.2, 0.25) is 0 Å². The van der Waals surface area contributed by atoms with E-state index in [1.807, 2.05) is 23.1 Å². The Labute approximate surface area is 117 Å². The molecule has 0 bridgehead atoms. The van der Waals surface area contributed by atoms with Gasteiger partial charge in [0.2, 0.25) is 0 Å². The summed E-state index contributed by atoms with van der Waals surface area (Å²) in [6, 6.07) is 10.1. The minimum absolute atomic E-state index is 0.555. The number of carbonyl (C=O) groups is 2. The van der Waals surface area contributed by atoms with Gasteiger partial charge in [0, 0.05) is 19.5 Å². The Balaban J connectivity index is 1.70. The van der Waals surface area contributed by atoms with Crippen molar-refractivity contribution in [2.45, 2.75) is 31.6 Å². The minimum atomic E-state index is -1.15. The fraction of sp³-hybridized carbons (Fsp3) is 0.467. The predicted molar refractivity (Wildman–Crippen MR) is 70.5 cm³/mol. The third-order valence-electron chi connectivity index (χ3n) is 3.84. The average molecular weight is 275 g/mol. The molecule has 3 rings (SSSR count). The topological polar surface area (TPSA) is 55.8 Å². The first-order valence-electron chi connectivity index (χ1n) is 6.95. The number of hydrogen-bond donors (Lipinski definition) is 0. The van der Waals surface area contributed by atoms with Crippen LogP contribution in [0.15, 0.2) is 30.3 Å². The van der Waals surface area contributed by atoms with Crippen molar-refractivity contribution in [3.8, 4) is 0 Å². The fourth-order valence-electron chi connectivity index (χ4n) is 2.80. The van der Waals surface area contributed by atoms with E-state index in [2.05, 4.69) is 12.1 Å². The van der Waals surface area contributed by atoms with E-state index in [1.54, 1.807) is 0 Å². The summed E-state index contributed by atoms with van der Waals surface area (Å²) < 4.78 is 10.4. The molecule has 0 aliphatic carbocycles. The van der Waals surface area contributed by atoms with Crippen molar-refractivity contribution in [1.82, 2.24) is 4.90 Å². The van der Waals surface area contributed by atoms with Gasteiger partial charge in [0.15, 0.2) is 0 Å². The normalized spacial score (nSPS) is 21.8. The average Bonchev–Trinajstić information content (AvgIpc) is 2.74. The Morgan fingerprint density at radius 2 is 1.75 bits per heavy atom. The van der Waals surface area contributed by atoms with Crippen molar-refractivity contribution in [3.05, 3.63) is 35.9 Å². The second-order valence-electron chi connectivity index (χ2n) is 5.17. The standard InChI is InChI=1S/C15H17NO4/c17-13-14(18)20-15(19-13)9-4-5-10-16(15)11-8-12-6-2-1-3-7-12/h1-3,6-7H,4-5,8-11H2. The molecule has 1 aromatic rings. The number of ether oxygens (including phenoxy) is 2. The number of benzene rings is 1. The van der Waals surface area contributed by atoms with Crippen LogP contribution in [0, 0.1) is 0 Å². The smallest absolute Gasteiger partial charge is 0.400 e. The third kappa shape index (κ3) is 2.41. The molecule has 0 radical (unpaired) electrons. The van der Waals surface area contributed by atoms with Crippen LogP contribution >= 0.6 is 0 Å². The summed E-state index contributed by atoms with van der Waals surface area (Å²) in [4.78, 5) is 24.7. The van der Waals surface area contributed by atoms with Crippen molar-refractivity contribution in [3.63, 3.8) is 0 Å². The van der Waals surface area contributed by atoms with Gasteiger partial charge < -0.3 is 9.47 Å². The molecular weight excluding hydrogens is 258 g/mol. The molecule has 0 aromatic heterocycles. The Kier molecular flexibility index (Phi) is 3.44. The van der Waals surface area contributed by atoms with E-state index in [0.717, 1.165) is 25.8 Å². The van der Waals surface area contributed by atoms with E-state index in [0.29, 0.717) is 13.0 Å². The van der Waals surface area contributed by atoms with Gasteiger partial charge in [0.05, 0.1) is 0 Å². The molecular formula is C15H17NO4. The molecule has 0 unspecified atom stereocenters. The lowest BCUT2D eigenvalue weighted by Crippen LogP contribution is -2.53. The van der Waals surface area contributed by atoms with Crippen LogP contribution in [0.25, 0.3) is 0 Å². The molecule has 106 valence electrons. The van der Waals surface area contributed by atoms with Gasteiger partial charge in [0.25, 0.3) is 0 Å². The largest absolute Gasteiger partial charge is 0.421 e. The summed E-state index contributed by atoms with van der Waals surface area (Å²) in [5.41, 5.74) is 1.21. The molecule has 2 fully saturated rings. The quantitative estimate of drug-likeness (QED) is 0.617. The molecule has 2 aliphatic heterocycles. The summed E-state index contributed by atoms with van der Waals surface area (Å²) >= 11 is 0. The number of carbonyl (C=O) groups excluding carboxylic acids is 2. The highest BCUT2D eigenvalue weighted by molar-refractivity contribution is 6.31. The van der Waals surface area contributed by atoms with Crippen LogP contribution in [0.3, 0.4) is 0 Å². The Hall–Kier alpha value is -1.88. The fourth-order valence-corrected chi connectivity index (χ4v) is 2.80. The van der Waals surface area contributed by atoms with Gasteiger partial charge in [-0.15, -0.1) is 0 Å². The van der Waals surface area contributed by atoms with E-state index >= 15 is 0 Å². The molecule has 0 amide bonds. The maximum Gasteiger partial charge on any atom is 0.421 e. The number of nitrogens with zero attached hydrogens (tertiary/aromatic N) is 1. The monoisotopic (exact) mass is 275 g/mol. The van der Waals surface area contributed by atoms with Crippen molar-refractivity contribution < 1.29 is 19.1 Å². The van der Waals surface area contributed by atoms with Crippen molar-refractivity contribution in [1.29, 1.82) is 0 Å². The van der Waals surface area contributed by atoms with E-state index in [4.69, 9.17) is 9.47 Å². The summed E-state index contributed by atoms with van der Waals surface area (Å²) in [5.74, 6) is -2.91. The van der Waals surface area contributed by atoms with Crippen LogP contribution < -0.4 is 0 Å². The predicted octanol–water partition coefficient (Wildman–Crippen LogP) is 1.47. The number of esters is 2. The van der Waals surface area contributed by atoms with E-state index in [9.17, 15) is 9.59 Å². The first-order chi connectivity index (χ1) is 9.70. The molecule has 5 heteroatoms. The first-order valence-corrected chi connectivity index (χ1v) is 6.95. The molecule has 2 saturated heterocycles. The van der Waals surface area contributed by atoms with E-state index in [-0.39, 0.29) is 0 Å². The van der Waals surface area contributed by atoms with Crippen molar-refractivity contribution in [2.24, 2.45) is 0 Å². The lowest BCUT2D eigenvalue weighted by Gasteiger charge is -2.40. The molecule has 0 saturated carbocycles. The van der Waals surface area contributed by atoms with Crippen LogP contribution in [-0.2, 0) is 25.5 Å². The number of piperidine rings is 1. The first kappa shape index (κ1) is 13.1. The molecule has 2 aliphatic rings. The van der Waals surface area contributed by atoms with Crippen molar-refractivity contribution >= 4 is 11.9 Å². The number of likely N-dealkylation sites (tertiary alicyclic amines) is 1. The Bertz CT molecular complexity index is 498. The van der Waals surface area contributed by atoms with E-state index in [1.165, 1.54) is 5.56 Å². The maximum absolute atomic E-state index is 11.3. The zero-order chi connectivity index (χ0) is 14.0. The van der Waals surface area contributed by atoms with Crippen molar-refractivity contribution in [2.75, 3.05) is 13.1 Å². The van der Waals surface area contributed by atoms with Gasteiger partial charge in [-0.2, -0.15) is 0 Å². The lowest BCUT2D eigenvalue weighted by molar-refractivity contribution is -0.263. The number of rotatable bonds is 3. The Morgan fingerprint density at radius 1 is 1.05 bits per heavy atom. The summed E-state index contributed by atoms with van der Waals surface area (Å²) in [7, 11) is 0.